The highest BCUT2D eigenvalue weighted by atomic mass is 16.2. The van der Waals surface area contributed by atoms with Gasteiger partial charge >= 0.3 is 0 Å². The number of likely N-dealkylation sites (N-methyl/N-ethyl adjacent to an activating group) is 1. The van der Waals surface area contributed by atoms with Gasteiger partial charge in [0.05, 0.1) is 5.69 Å². The van der Waals surface area contributed by atoms with Gasteiger partial charge in [0.2, 0.25) is 0 Å². The van der Waals surface area contributed by atoms with Gasteiger partial charge in [0.15, 0.2) is 0 Å². The molecule has 0 aliphatic heterocycles. The zero-order valence-corrected chi connectivity index (χ0v) is 10.1. The van der Waals surface area contributed by atoms with Crippen molar-refractivity contribution in [2.45, 2.75) is 6.92 Å². The summed E-state index contributed by atoms with van der Waals surface area (Å²) >= 11 is 0. The second-order valence-corrected chi connectivity index (χ2v) is 3.70. The maximum Gasteiger partial charge on any atom is 0.295 e. The van der Waals surface area contributed by atoms with Crippen molar-refractivity contribution < 1.29 is 9.59 Å². The van der Waals surface area contributed by atoms with Crippen molar-refractivity contribution in [3.63, 3.8) is 0 Å². The Hall–Kier alpha value is -2.17. The van der Waals surface area contributed by atoms with Crippen molar-refractivity contribution >= 4 is 23.1 Å². The second kappa shape index (κ2) is 5.79. The third-order valence-corrected chi connectivity index (χ3v) is 2.06. The molecule has 0 radical (unpaired) electrons. The highest BCUT2D eigenvalue weighted by molar-refractivity contribution is 6.64. The monoisotopic (exact) mass is 233 g/mol. The molecule has 0 spiro atoms. The van der Waals surface area contributed by atoms with Gasteiger partial charge in [-0.15, -0.1) is 0 Å². The number of ketones is 1. The number of carbonyl (C=O) groups excluding carboxylic acids is 2. The van der Waals surface area contributed by atoms with Crippen molar-refractivity contribution in [3.8, 4) is 0 Å². The van der Waals surface area contributed by atoms with Gasteiger partial charge in [0.1, 0.15) is 5.71 Å². The lowest BCUT2D eigenvalue weighted by Gasteiger charge is -2.08. The predicted octanol–water partition coefficient (Wildman–Crippen LogP) is 1.13. The summed E-state index contributed by atoms with van der Waals surface area (Å²) in [6, 6.07) is 9.20. The third-order valence-electron chi connectivity index (χ3n) is 2.06. The molecule has 0 unspecified atom stereocenters. The number of para-hydroxylation sites is 1. The molecule has 17 heavy (non-hydrogen) atoms. The molecule has 0 saturated heterocycles. The van der Waals surface area contributed by atoms with E-state index in [0.29, 0.717) is 0 Å². The largest absolute Gasteiger partial charge is 0.342 e. The van der Waals surface area contributed by atoms with Gasteiger partial charge in [-0.1, -0.05) is 18.2 Å². The third kappa shape index (κ3) is 3.71. The van der Waals surface area contributed by atoms with E-state index < -0.39 is 11.7 Å². The first-order valence-corrected chi connectivity index (χ1v) is 5.13. The number of hydrazone groups is 1. The van der Waals surface area contributed by atoms with Crippen LogP contribution in [0.4, 0.5) is 5.69 Å². The molecule has 5 heteroatoms. The lowest BCUT2D eigenvalue weighted by atomic mass is 10.2. The van der Waals surface area contributed by atoms with Crippen LogP contribution in [-0.4, -0.2) is 36.4 Å². The maximum atomic E-state index is 11.5. The Morgan fingerprint density at radius 1 is 1.18 bits per heavy atom. The fraction of sp³-hybridized carbons (Fsp3) is 0.250. The van der Waals surface area contributed by atoms with E-state index in [1.807, 2.05) is 30.3 Å². The number of rotatable bonds is 4. The molecule has 5 nitrogen and oxygen atoms in total. The molecule has 1 N–H and O–H groups in total. The normalized spacial score (nSPS) is 10.9. The molecule has 0 aliphatic carbocycles. The molecule has 90 valence electrons. The highest BCUT2D eigenvalue weighted by Gasteiger charge is 2.18. The molecule has 1 aromatic rings. The number of nitrogens with zero attached hydrogens (tertiary/aromatic N) is 2. The highest BCUT2D eigenvalue weighted by Crippen LogP contribution is 2.04. The molecule has 1 rings (SSSR count). The summed E-state index contributed by atoms with van der Waals surface area (Å²) in [5, 5.41) is 3.87. The van der Waals surface area contributed by atoms with Gasteiger partial charge < -0.3 is 4.90 Å². The van der Waals surface area contributed by atoms with E-state index in [9.17, 15) is 9.59 Å². The number of benzene rings is 1. The van der Waals surface area contributed by atoms with E-state index in [1.165, 1.54) is 25.9 Å². The molecule has 0 fully saturated rings. The molecule has 0 atom stereocenters. The summed E-state index contributed by atoms with van der Waals surface area (Å²) < 4.78 is 0. The predicted molar refractivity (Wildman–Crippen MR) is 66.9 cm³/mol. The Kier molecular flexibility index (Phi) is 4.39. The summed E-state index contributed by atoms with van der Waals surface area (Å²) in [5.74, 6) is -1.19. The zero-order chi connectivity index (χ0) is 12.8. The van der Waals surface area contributed by atoms with Gasteiger partial charge in [0.25, 0.3) is 11.7 Å². The molecular weight excluding hydrogens is 218 g/mol. The second-order valence-electron chi connectivity index (χ2n) is 3.70. The van der Waals surface area contributed by atoms with Crippen LogP contribution in [0.15, 0.2) is 35.4 Å². The number of hydrogen-bond acceptors (Lipinski definition) is 4. The molecule has 1 amide bonds. The smallest absolute Gasteiger partial charge is 0.295 e. The first kappa shape index (κ1) is 12.9. The van der Waals surface area contributed by atoms with E-state index >= 15 is 0 Å². The number of amides is 1. The van der Waals surface area contributed by atoms with Gasteiger partial charge in [-0.25, -0.2) is 0 Å². The van der Waals surface area contributed by atoms with Crippen molar-refractivity contribution in [3.05, 3.63) is 30.3 Å². The Bertz CT molecular complexity index is 438. The van der Waals surface area contributed by atoms with Crippen LogP contribution >= 0.6 is 0 Å². The summed E-state index contributed by atoms with van der Waals surface area (Å²) in [4.78, 5) is 24.1. The van der Waals surface area contributed by atoms with Crippen LogP contribution in [0.3, 0.4) is 0 Å². The molecule has 0 aromatic heterocycles. The van der Waals surface area contributed by atoms with Crippen molar-refractivity contribution in [1.82, 2.24) is 4.90 Å². The lowest BCUT2D eigenvalue weighted by molar-refractivity contribution is -0.139. The van der Waals surface area contributed by atoms with E-state index in [-0.39, 0.29) is 5.71 Å². The maximum absolute atomic E-state index is 11.5. The summed E-state index contributed by atoms with van der Waals surface area (Å²) in [7, 11) is 3.05. The minimum atomic E-state index is -0.613. The van der Waals surface area contributed by atoms with Crippen molar-refractivity contribution in [2.75, 3.05) is 19.5 Å². The Morgan fingerprint density at radius 2 is 1.76 bits per heavy atom. The van der Waals surface area contributed by atoms with E-state index in [2.05, 4.69) is 10.5 Å². The first-order chi connectivity index (χ1) is 8.02. The standard InChI is InChI=1S/C12H15N3O2/c1-9(11(16)12(17)15(2)3)13-14-10-7-5-4-6-8-10/h4-8,14H,1-3H3/b13-9+. The van der Waals surface area contributed by atoms with E-state index in [1.54, 1.807) is 0 Å². The van der Waals surface area contributed by atoms with E-state index in [4.69, 9.17) is 0 Å². The van der Waals surface area contributed by atoms with Gasteiger partial charge in [0, 0.05) is 14.1 Å². The van der Waals surface area contributed by atoms with Gasteiger partial charge in [-0.2, -0.15) is 5.10 Å². The Morgan fingerprint density at radius 3 is 2.29 bits per heavy atom. The molecule has 0 saturated carbocycles. The summed E-state index contributed by atoms with van der Waals surface area (Å²) in [6.45, 7) is 1.50. The Labute approximate surface area is 100 Å². The number of hydrogen-bond donors (Lipinski definition) is 1. The van der Waals surface area contributed by atoms with Gasteiger partial charge in [-0.05, 0) is 19.1 Å². The minimum Gasteiger partial charge on any atom is -0.342 e. The summed E-state index contributed by atoms with van der Waals surface area (Å²) in [5.41, 5.74) is 3.61. The zero-order valence-electron chi connectivity index (χ0n) is 10.1. The van der Waals surface area contributed by atoms with Crippen LogP contribution in [0.25, 0.3) is 0 Å². The fourth-order valence-electron chi connectivity index (χ4n) is 1.07. The van der Waals surface area contributed by atoms with Crippen molar-refractivity contribution in [2.24, 2.45) is 5.10 Å². The molecular formula is C12H15N3O2. The quantitative estimate of drug-likeness (QED) is 0.482. The van der Waals surface area contributed by atoms with Crippen LogP contribution in [0, 0.1) is 0 Å². The topological polar surface area (TPSA) is 61.8 Å². The number of carbonyl (C=O) groups is 2. The van der Waals surface area contributed by atoms with Crippen LogP contribution in [-0.2, 0) is 9.59 Å². The SMILES string of the molecule is C/C(=N\Nc1ccccc1)C(=O)C(=O)N(C)C. The molecule has 0 heterocycles. The van der Waals surface area contributed by atoms with E-state index in [0.717, 1.165) is 5.69 Å². The van der Waals surface area contributed by atoms with Crippen LogP contribution in [0.1, 0.15) is 6.92 Å². The molecule has 1 aromatic carbocycles. The van der Waals surface area contributed by atoms with Crippen LogP contribution in [0.2, 0.25) is 0 Å². The Balaban J connectivity index is 2.67. The minimum absolute atomic E-state index is 0.132. The lowest BCUT2D eigenvalue weighted by Crippen LogP contribution is -2.34. The molecule has 0 aliphatic rings. The molecule has 0 bridgehead atoms. The summed E-state index contributed by atoms with van der Waals surface area (Å²) in [6.07, 6.45) is 0. The fourth-order valence-corrected chi connectivity index (χ4v) is 1.07. The average Bonchev–Trinajstić information content (AvgIpc) is 2.35. The average molecular weight is 233 g/mol. The van der Waals surface area contributed by atoms with Gasteiger partial charge in [-0.3, -0.25) is 15.0 Å². The number of Topliss-reactive ketones (excluding diaryl/α,β-unsaturated/α-hetero) is 1. The number of nitrogens with one attached hydrogen (secondary N) is 1. The number of anilines is 1. The van der Waals surface area contributed by atoms with Crippen molar-refractivity contribution in [1.29, 1.82) is 0 Å². The van der Waals surface area contributed by atoms with Crippen LogP contribution in [0.5, 0.6) is 0 Å². The van der Waals surface area contributed by atoms with Crippen LogP contribution < -0.4 is 5.43 Å². The first-order valence-electron chi connectivity index (χ1n) is 5.13.